The summed E-state index contributed by atoms with van der Waals surface area (Å²) >= 11 is 1.30. The molecule has 4 rings (SSSR count). The number of benzene rings is 1. The molecule has 0 spiro atoms. The lowest BCUT2D eigenvalue weighted by atomic mass is 10.2. The van der Waals surface area contributed by atoms with Gasteiger partial charge in [-0.05, 0) is 24.3 Å². The fraction of sp³-hybridized carbons (Fsp3) is 0.312. The van der Waals surface area contributed by atoms with Crippen molar-refractivity contribution in [1.82, 2.24) is 30.3 Å². The van der Waals surface area contributed by atoms with Crippen LogP contribution in [0.2, 0.25) is 0 Å². The number of rotatable bonds is 4. The number of nitrogens with one attached hydrogen (secondary N) is 2. The Morgan fingerprint density at radius 1 is 1.37 bits per heavy atom. The molecule has 2 N–H and O–H groups in total. The van der Waals surface area contributed by atoms with Crippen molar-refractivity contribution in [2.45, 2.75) is 6.04 Å². The molecule has 1 unspecified atom stereocenters. The van der Waals surface area contributed by atoms with Crippen molar-refractivity contribution >= 4 is 22.5 Å². The van der Waals surface area contributed by atoms with Crippen molar-refractivity contribution in [2.24, 2.45) is 0 Å². The molecule has 1 saturated heterocycles. The summed E-state index contributed by atoms with van der Waals surface area (Å²) in [5.74, 6) is 1.35. The molecule has 1 aliphatic rings. The van der Waals surface area contributed by atoms with Crippen molar-refractivity contribution in [2.75, 3.05) is 32.2 Å². The number of amides is 2. The molecular formula is C16H17N7O3S. The number of carbonyl (C=O) groups is 1. The first kappa shape index (κ1) is 17.4. The Bertz CT molecular complexity index is 897. The summed E-state index contributed by atoms with van der Waals surface area (Å²) in [6, 6.07) is 6.89. The summed E-state index contributed by atoms with van der Waals surface area (Å²) in [6.07, 6.45) is 1.41. The van der Waals surface area contributed by atoms with Crippen LogP contribution in [0.3, 0.4) is 0 Å². The van der Waals surface area contributed by atoms with Gasteiger partial charge >= 0.3 is 6.03 Å². The number of hydrogen-bond acceptors (Lipinski definition) is 8. The molecule has 3 heterocycles. The predicted octanol–water partition coefficient (Wildman–Crippen LogP) is 1.94. The van der Waals surface area contributed by atoms with E-state index < -0.39 is 0 Å². The lowest BCUT2D eigenvalue weighted by Crippen LogP contribution is -2.45. The van der Waals surface area contributed by atoms with Gasteiger partial charge in [-0.1, -0.05) is 11.3 Å². The lowest BCUT2D eigenvalue weighted by molar-refractivity contribution is 0.0118. The van der Waals surface area contributed by atoms with E-state index in [-0.39, 0.29) is 12.1 Å². The van der Waals surface area contributed by atoms with Crippen molar-refractivity contribution in [3.8, 4) is 16.3 Å². The molecule has 140 valence electrons. The van der Waals surface area contributed by atoms with E-state index in [9.17, 15) is 4.79 Å². The number of aromatic amines is 1. The molecule has 1 atom stereocenters. The highest BCUT2D eigenvalue weighted by atomic mass is 32.1. The van der Waals surface area contributed by atoms with Crippen molar-refractivity contribution < 1.29 is 14.3 Å². The van der Waals surface area contributed by atoms with Crippen molar-refractivity contribution in [3.63, 3.8) is 0 Å². The molecule has 11 heteroatoms. The van der Waals surface area contributed by atoms with E-state index in [1.165, 1.54) is 17.7 Å². The fourth-order valence-corrected chi connectivity index (χ4v) is 3.47. The second kappa shape index (κ2) is 7.68. The van der Waals surface area contributed by atoms with Crippen LogP contribution in [0, 0.1) is 0 Å². The molecule has 1 aliphatic heterocycles. The third-order valence-electron chi connectivity index (χ3n) is 4.11. The van der Waals surface area contributed by atoms with Gasteiger partial charge in [0.25, 0.3) is 0 Å². The number of carbonyl (C=O) groups excluding carboxylic acids is 1. The van der Waals surface area contributed by atoms with E-state index >= 15 is 0 Å². The summed E-state index contributed by atoms with van der Waals surface area (Å²) in [7, 11) is 1.62. The first-order chi connectivity index (χ1) is 13.2. The van der Waals surface area contributed by atoms with E-state index in [4.69, 9.17) is 9.47 Å². The summed E-state index contributed by atoms with van der Waals surface area (Å²) in [4.78, 5) is 18.5. The smallest absolute Gasteiger partial charge is 0.324 e. The Morgan fingerprint density at radius 3 is 2.96 bits per heavy atom. The van der Waals surface area contributed by atoms with E-state index in [0.29, 0.717) is 35.7 Å². The monoisotopic (exact) mass is 387 g/mol. The van der Waals surface area contributed by atoms with Gasteiger partial charge in [0.2, 0.25) is 5.13 Å². The molecule has 2 amide bonds. The van der Waals surface area contributed by atoms with E-state index in [1.807, 2.05) is 24.3 Å². The normalized spacial score (nSPS) is 16.9. The average molecular weight is 387 g/mol. The molecule has 1 aromatic carbocycles. The number of aromatic nitrogens is 5. The molecule has 0 radical (unpaired) electrons. The largest absolute Gasteiger partial charge is 0.497 e. The van der Waals surface area contributed by atoms with Crippen LogP contribution in [-0.4, -0.2) is 63.2 Å². The Balaban J connectivity index is 1.47. The zero-order chi connectivity index (χ0) is 18.6. The van der Waals surface area contributed by atoms with Gasteiger partial charge < -0.3 is 14.4 Å². The molecule has 1 fully saturated rings. The van der Waals surface area contributed by atoms with E-state index in [1.54, 1.807) is 12.0 Å². The van der Waals surface area contributed by atoms with Crippen LogP contribution in [0.4, 0.5) is 9.93 Å². The number of ether oxygens (including phenoxy) is 2. The first-order valence-corrected chi connectivity index (χ1v) is 9.05. The van der Waals surface area contributed by atoms with Gasteiger partial charge in [-0.25, -0.2) is 9.78 Å². The number of morpholine rings is 1. The van der Waals surface area contributed by atoms with E-state index in [0.717, 1.165) is 11.3 Å². The fourth-order valence-electron chi connectivity index (χ4n) is 2.74. The molecule has 3 aromatic rings. The van der Waals surface area contributed by atoms with Crippen molar-refractivity contribution in [1.29, 1.82) is 0 Å². The van der Waals surface area contributed by atoms with Crippen LogP contribution < -0.4 is 10.1 Å². The molecule has 10 nitrogen and oxygen atoms in total. The molecule has 0 bridgehead atoms. The molecule has 2 aromatic heterocycles. The standard InChI is InChI=1S/C16H17N7O3S/c1-25-11-4-2-10(3-5-11)14-21-22-15(27-14)19-16(24)23-6-7-26-8-12(23)13-17-9-18-20-13/h2-5,9,12H,6-8H2,1H3,(H,17,18,20)(H,19,22,24). The number of H-pyrrole nitrogens is 1. The summed E-state index contributed by atoms with van der Waals surface area (Å²) in [5, 5.41) is 18.8. The molecule has 0 aliphatic carbocycles. The van der Waals surface area contributed by atoms with Crippen LogP contribution in [0.1, 0.15) is 11.9 Å². The molecule has 27 heavy (non-hydrogen) atoms. The maximum atomic E-state index is 12.7. The average Bonchev–Trinajstić information content (AvgIpc) is 3.40. The van der Waals surface area contributed by atoms with Gasteiger partial charge in [-0.15, -0.1) is 10.2 Å². The highest BCUT2D eigenvalue weighted by Gasteiger charge is 2.31. The Kier molecular flexibility index (Phi) is 4.94. The second-order valence-corrected chi connectivity index (χ2v) is 6.70. The third-order valence-corrected chi connectivity index (χ3v) is 5.00. The molecule has 0 saturated carbocycles. The summed E-state index contributed by atoms with van der Waals surface area (Å²) < 4.78 is 10.6. The highest BCUT2D eigenvalue weighted by molar-refractivity contribution is 7.18. The van der Waals surface area contributed by atoms with Crippen LogP contribution in [0.5, 0.6) is 5.75 Å². The number of nitrogens with zero attached hydrogens (tertiary/aromatic N) is 5. The van der Waals surface area contributed by atoms with E-state index in [2.05, 4.69) is 30.7 Å². The first-order valence-electron chi connectivity index (χ1n) is 8.23. The van der Waals surface area contributed by atoms with Gasteiger partial charge in [0, 0.05) is 12.1 Å². The zero-order valence-electron chi connectivity index (χ0n) is 14.5. The Labute approximate surface area is 158 Å². The SMILES string of the molecule is COc1ccc(-c2nnc(NC(=O)N3CCOCC3c3ncn[nH]3)s2)cc1. The Morgan fingerprint density at radius 2 is 2.22 bits per heavy atom. The second-order valence-electron chi connectivity index (χ2n) is 5.73. The minimum Gasteiger partial charge on any atom is -0.497 e. The summed E-state index contributed by atoms with van der Waals surface area (Å²) in [5.41, 5.74) is 0.903. The minimum absolute atomic E-state index is 0.280. The third kappa shape index (κ3) is 3.73. The van der Waals surface area contributed by atoms with Gasteiger partial charge in [0.05, 0.1) is 20.3 Å². The van der Waals surface area contributed by atoms with Gasteiger partial charge in [0.15, 0.2) is 0 Å². The maximum absolute atomic E-state index is 12.7. The quantitative estimate of drug-likeness (QED) is 0.702. The molecular weight excluding hydrogens is 370 g/mol. The summed E-state index contributed by atoms with van der Waals surface area (Å²) in [6.45, 7) is 1.27. The van der Waals surface area contributed by atoms with Gasteiger partial charge in [-0.2, -0.15) is 5.10 Å². The predicted molar refractivity (Wildman–Crippen MR) is 97.6 cm³/mol. The number of methoxy groups -OCH3 is 1. The lowest BCUT2D eigenvalue weighted by Gasteiger charge is -2.33. The zero-order valence-corrected chi connectivity index (χ0v) is 15.3. The highest BCUT2D eigenvalue weighted by Crippen LogP contribution is 2.29. The van der Waals surface area contributed by atoms with Crippen LogP contribution in [0.15, 0.2) is 30.6 Å². The number of anilines is 1. The minimum atomic E-state index is -0.324. The topological polar surface area (TPSA) is 118 Å². The maximum Gasteiger partial charge on any atom is 0.324 e. The van der Waals surface area contributed by atoms with Gasteiger partial charge in [0.1, 0.15) is 29.0 Å². The van der Waals surface area contributed by atoms with Crippen LogP contribution >= 0.6 is 11.3 Å². The number of urea groups is 1. The van der Waals surface area contributed by atoms with Crippen LogP contribution in [-0.2, 0) is 4.74 Å². The van der Waals surface area contributed by atoms with Crippen molar-refractivity contribution in [3.05, 3.63) is 36.4 Å². The van der Waals surface area contributed by atoms with Gasteiger partial charge in [-0.3, -0.25) is 10.4 Å². The number of hydrogen-bond donors (Lipinski definition) is 2. The Hall–Kier alpha value is -3.05. The van der Waals surface area contributed by atoms with Crippen LogP contribution in [0.25, 0.3) is 10.6 Å².